The molecule has 7 heteroatoms. The van der Waals surface area contributed by atoms with Crippen molar-refractivity contribution in [1.29, 1.82) is 5.26 Å². The Morgan fingerprint density at radius 2 is 1.95 bits per heavy atom. The molecule has 2 aromatic carbocycles. The zero-order valence-corrected chi connectivity index (χ0v) is 13.2. The lowest BCUT2D eigenvalue weighted by atomic mass is 10.1. The zero-order valence-electron chi connectivity index (χ0n) is 11.6. The molecule has 0 aliphatic carbocycles. The number of sulfonamides is 1. The maximum absolute atomic E-state index is 13.9. The van der Waals surface area contributed by atoms with Gasteiger partial charge in [0.1, 0.15) is 4.90 Å². The van der Waals surface area contributed by atoms with Gasteiger partial charge in [0.2, 0.25) is 10.0 Å². The molecule has 0 saturated heterocycles. The van der Waals surface area contributed by atoms with Crippen molar-refractivity contribution >= 4 is 21.6 Å². The van der Waals surface area contributed by atoms with Gasteiger partial charge < -0.3 is 0 Å². The van der Waals surface area contributed by atoms with E-state index < -0.39 is 20.7 Å². The predicted molar refractivity (Wildman–Crippen MR) is 81.2 cm³/mol. The third kappa shape index (κ3) is 3.28. The quantitative estimate of drug-likeness (QED) is 0.860. The lowest BCUT2D eigenvalue weighted by Crippen LogP contribution is -2.27. The van der Waals surface area contributed by atoms with Crippen LogP contribution in [0.3, 0.4) is 0 Å². The zero-order chi connectivity index (χ0) is 16.3. The number of hydrogen-bond donors (Lipinski definition) is 0. The molecule has 0 fully saturated rings. The smallest absolute Gasteiger partial charge is 0.207 e. The Bertz CT molecular complexity index is 847. The van der Waals surface area contributed by atoms with Crippen molar-refractivity contribution in [3.63, 3.8) is 0 Å². The molecule has 0 unspecified atom stereocenters. The van der Waals surface area contributed by atoms with E-state index in [1.165, 1.54) is 25.2 Å². The maximum Gasteiger partial charge on any atom is 0.246 e. The number of nitrogens with zero attached hydrogens (tertiary/aromatic N) is 2. The molecule has 2 aromatic rings. The van der Waals surface area contributed by atoms with Crippen LogP contribution >= 0.6 is 11.6 Å². The summed E-state index contributed by atoms with van der Waals surface area (Å²) in [5.41, 5.74) is 1.06. The highest BCUT2D eigenvalue weighted by molar-refractivity contribution is 7.89. The van der Waals surface area contributed by atoms with E-state index in [0.717, 1.165) is 4.31 Å². The molecule has 0 radical (unpaired) electrons. The van der Waals surface area contributed by atoms with E-state index in [1.54, 1.807) is 24.3 Å². The van der Waals surface area contributed by atoms with Gasteiger partial charge in [0, 0.05) is 13.6 Å². The molecule has 0 heterocycles. The van der Waals surface area contributed by atoms with E-state index in [2.05, 4.69) is 0 Å². The molecule has 0 saturated carbocycles. The summed E-state index contributed by atoms with van der Waals surface area (Å²) in [5, 5.41) is 8.61. The minimum absolute atomic E-state index is 0.0177. The van der Waals surface area contributed by atoms with Gasteiger partial charge in [-0.3, -0.25) is 0 Å². The summed E-state index contributed by atoms with van der Waals surface area (Å²) in [7, 11) is -2.68. The van der Waals surface area contributed by atoms with Crippen LogP contribution < -0.4 is 0 Å². The molecule has 0 spiro atoms. The normalized spacial score (nSPS) is 11.4. The summed E-state index contributed by atoms with van der Waals surface area (Å²) >= 11 is 5.63. The predicted octanol–water partition coefficient (Wildman–Crippen LogP) is 3.17. The third-order valence-electron chi connectivity index (χ3n) is 3.07. The fourth-order valence-corrected chi connectivity index (χ4v) is 3.40. The van der Waals surface area contributed by atoms with E-state index >= 15 is 0 Å². The average Bonchev–Trinajstić information content (AvgIpc) is 2.50. The van der Waals surface area contributed by atoms with Crippen LogP contribution in [0.15, 0.2) is 47.4 Å². The summed E-state index contributed by atoms with van der Waals surface area (Å²) in [5.74, 6) is -0.971. The highest BCUT2D eigenvalue weighted by Crippen LogP contribution is 2.25. The van der Waals surface area contributed by atoms with Gasteiger partial charge in [-0.25, -0.2) is 12.8 Å². The number of nitriles is 1. The Hall–Kier alpha value is -1.94. The molecule has 0 amide bonds. The largest absolute Gasteiger partial charge is 0.246 e. The highest BCUT2D eigenvalue weighted by Gasteiger charge is 2.25. The molecule has 0 bridgehead atoms. The monoisotopic (exact) mass is 338 g/mol. The molecule has 2 rings (SSSR count). The van der Waals surface area contributed by atoms with Crippen molar-refractivity contribution < 1.29 is 12.8 Å². The molecule has 22 heavy (non-hydrogen) atoms. The summed E-state index contributed by atoms with van der Waals surface area (Å²) in [4.78, 5) is -0.473. The van der Waals surface area contributed by atoms with Crippen molar-refractivity contribution in [2.45, 2.75) is 11.4 Å². The van der Waals surface area contributed by atoms with Crippen LogP contribution in [0.2, 0.25) is 5.02 Å². The Kier molecular flexibility index (Phi) is 4.81. The lowest BCUT2D eigenvalue weighted by molar-refractivity contribution is 0.460. The fraction of sp³-hybridized carbons (Fsp3) is 0.133. The van der Waals surface area contributed by atoms with Gasteiger partial charge in [-0.15, -0.1) is 0 Å². The van der Waals surface area contributed by atoms with Crippen molar-refractivity contribution in [3.05, 3.63) is 64.4 Å². The first kappa shape index (κ1) is 16.4. The van der Waals surface area contributed by atoms with Gasteiger partial charge in [-0.1, -0.05) is 29.8 Å². The Morgan fingerprint density at radius 1 is 1.27 bits per heavy atom. The Morgan fingerprint density at radius 3 is 2.64 bits per heavy atom. The lowest BCUT2D eigenvalue weighted by Gasteiger charge is -2.18. The molecule has 0 aliphatic heterocycles. The minimum Gasteiger partial charge on any atom is -0.207 e. The van der Waals surface area contributed by atoms with Crippen LogP contribution in [-0.4, -0.2) is 19.8 Å². The van der Waals surface area contributed by atoms with Crippen LogP contribution in [0.1, 0.15) is 11.1 Å². The van der Waals surface area contributed by atoms with Crippen LogP contribution in [0.5, 0.6) is 0 Å². The first-order valence-electron chi connectivity index (χ1n) is 6.25. The van der Waals surface area contributed by atoms with Gasteiger partial charge in [-0.05, 0) is 29.8 Å². The molecule has 0 N–H and O–H groups in total. The van der Waals surface area contributed by atoms with Crippen molar-refractivity contribution in [1.82, 2.24) is 4.31 Å². The van der Waals surface area contributed by atoms with Gasteiger partial charge >= 0.3 is 0 Å². The second kappa shape index (κ2) is 6.44. The second-order valence-corrected chi connectivity index (χ2v) is 7.05. The van der Waals surface area contributed by atoms with Gasteiger partial charge in [-0.2, -0.15) is 9.57 Å². The Labute approximate surface area is 133 Å². The molecule has 0 atom stereocenters. The van der Waals surface area contributed by atoms with Gasteiger partial charge in [0.25, 0.3) is 0 Å². The van der Waals surface area contributed by atoms with Crippen LogP contribution in [-0.2, 0) is 16.6 Å². The average molecular weight is 339 g/mol. The maximum atomic E-state index is 13.9. The van der Waals surface area contributed by atoms with Crippen LogP contribution in [0.25, 0.3) is 0 Å². The highest BCUT2D eigenvalue weighted by atomic mass is 35.5. The summed E-state index contributed by atoms with van der Waals surface area (Å²) in [6.07, 6.45) is 0. The van der Waals surface area contributed by atoms with Crippen molar-refractivity contribution in [2.24, 2.45) is 0 Å². The molecule has 0 aromatic heterocycles. The number of halogens is 2. The number of hydrogen-bond acceptors (Lipinski definition) is 3. The molecular formula is C15H12ClFN2O2S. The molecule has 4 nitrogen and oxygen atoms in total. The second-order valence-electron chi connectivity index (χ2n) is 4.63. The molecule has 114 valence electrons. The topological polar surface area (TPSA) is 61.2 Å². The first-order valence-corrected chi connectivity index (χ1v) is 8.07. The number of rotatable bonds is 4. The third-order valence-corrected chi connectivity index (χ3v) is 5.18. The van der Waals surface area contributed by atoms with E-state index in [-0.39, 0.29) is 11.6 Å². The van der Waals surface area contributed by atoms with Crippen molar-refractivity contribution in [3.8, 4) is 6.07 Å². The van der Waals surface area contributed by atoms with E-state index in [9.17, 15) is 12.8 Å². The van der Waals surface area contributed by atoms with Crippen molar-refractivity contribution in [2.75, 3.05) is 7.05 Å². The number of benzene rings is 2. The Balaban J connectivity index is 2.33. The molecular weight excluding hydrogens is 327 g/mol. The van der Waals surface area contributed by atoms with Crippen LogP contribution in [0.4, 0.5) is 4.39 Å². The van der Waals surface area contributed by atoms with Gasteiger partial charge in [0.05, 0.1) is 16.7 Å². The van der Waals surface area contributed by atoms with E-state index in [0.29, 0.717) is 11.1 Å². The summed E-state index contributed by atoms with van der Waals surface area (Å²) < 4.78 is 39.8. The van der Waals surface area contributed by atoms with E-state index in [1.807, 2.05) is 6.07 Å². The summed E-state index contributed by atoms with van der Waals surface area (Å²) in [6, 6.07) is 12.4. The fourth-order valence-electron chi connectivity index (χ4n) is 1.93. The van der Waals surface area contributed by atoms with Gasteiger partial charge in [0.15, 0.2) is 5.82 Å². The first-order chi connectivity index (χ1) is 10.4. The van der Waals surface area contributed by atoms with Crippen LogP contribution in [0, 0.1) is 17.1 Å². The summed E-state index contributed by atoms with van der Waals surface area (Å²) in [6.45, 7) is 0.0177. The standard InChI is InChI=1S/C15H12ClFN2O2S/c1-19(10-12-5-2-4-11(8-12)9-18)22(20,21)14-7-3-6-13(16)15(14)17/h2-8H,10H2,1H3. The molecule has 0 aliphatic rings. The minimum atomic E-state index is -4.02. The SMILES string of the molecule is CN(Cc1cccc(C#N)c1)S(=O)(=O)c1cccc(Cl)c1F. The van der Waals surface area contributed by atoms with E-state index in [4.69, 9.17) is 16.9 Å².